The molecule has 1 aromatic carbocycles. The molecule has 0 atom stereocenters. The molecule has 1 aliphatic rings. The van der Waals surface area contributed by atoms with Crippen LogP contribution in [-0.2, 0) is 9.47 Å². The summed E-state index contributed by atoms with van der Waals surface area (Å²) in [6.45, 7) is 6.20. The molecule has 4 heteroatoms. The zero-order chi connectivity index (χ0) is 14.0. The fourth-order valence-corrected chi connectivity index (χ4v) is 2.58. The molecule has 0 bridgehead atoms. The molecular weight excluding hydrogens is 252 g/mol. The number of fused-ring (bicyclic) bond motifs is 1. The lowest BCUT2D eigenvalue weighted by molar-refractivity contribution is -0.144. The van der Waals surface area contributed by atoms with Crippen molar-refractivity contribution in [1.29, 1.82) is 0 Å². The Hall–Kier alpha value is -1.65. The van der Waals surface area contributed by atoms with Crippen LogP contribution in [0.25, 0.3) is 10.9 Å². The lowest BCUT2D eigenvalue weighted by atomic mass is 10.1. The molecule has 0 radical (unpaired) electrons. The number of anilines is 1. The maximum Gasteiger partial charge on any atom is 0.167 e. The smallest absolute Gasteiger partial charge is 0.167 e. The number of aryl methyl sites for hydroxylation is 1. The number of hydrogen-bond donors (Lipinski definition) is 1. The highest BCUT2D eigenvalue weighted by Crippen LogP contribution is 2.25. The van der Waals surface area contributed by atoms with Crippen LogP contribution in [0.15, 0.2) is 30.3 Å². The molecule has 2 heterocycles. The average Bonchev–Trinajstić information content (AvgIpc) is 2.85. The Kier molecular flexibility index (Phi) is 3.59. The summed E-state index contributed by atoms with van der Waals surface area (Å²) >= 11 is 0. The number of para-hydroxylation sites is 1. The minimum absolute atomic E-state index is 0.440. The van der Waals surface area contributed by atoms with Crippen LogP contribution >= 0.6 is 0 Å². The molecule has 106 valence electrons. The molecule has 1 aliphatic heterocycles. The van der Waals surface area contributed by atoms with Gasteiger partial charge in [0.1, 0.15) is 0 Å². The van der Waals surface area contributed by atoms with Crippen LogP contribution in [0.3, 0.4) is 0 Å². The molecule has 0 spiro atoms. The topological polar surface area (TPSA) is 43.4 Å². The van der Waals surface area contributed by atoms with E-state index in [1.54, 1.807) is 0 Å². The van der Waals surface area contributed by atoms with Gasteiger partial charge in [0, 0.05) is 29.7 Å². The average molecular weight is 272 g/mol. The first-order valence-corrected chi connectivity index (χ1v) is 7.04. The Morgan fingerprint density at radius 3 is 2.80 bits per heavy atom. The molecule has 1 N–H and O–H groups in total. The fraction of sp³-hybridized carbons (Fsp3) is 0.438. The molecule has 4 nitrogen and oxygen atoms in total. The zero-order valence-corrected chi connectivity index (χ0v) is 12.0. The van der Waals surface area contributed by atoms with E-state index in [0.29, 0.717) is 13.2 Å². The normalized spacial score (nSPS) is 17.5. The summed E-state index contributed by atoms with van der Waals surface area (Å²) in [7, 11) is 0. The second kappa shape index (κ2) is 5.38. The van der Waals surface area contributed by atoms with E-state index in [1.807, 2.05) is 32.0 Å². The minimum Gasteiger partial charge on any atom is -0.384 e. The van der Waals surface area contributed by atoms with Crippen LogP contribution in [0.2, 0.25) is 0 Å². The van der Waals surface area contributed by atoms with E-state index in [0.717, 1.165) is 35.2 Å². The van der Waals surface area contributed by atoms with Crippen molar-refractivity contribution >= 4 is 16.6 Å². The minimum atomic E-state index is -0.440. The van der Waals surface area contributed by atoms with E-state index in [4.69, 9.17) is 9.47 Å². The Bertz CT molecular complexity index is 606. The van der Waals surface area contributed by atoms with Gasteiger partial charge < -0.3 is 14.8 Å². The third-order valence-corrected chi connectivity index (χ3v) is 3.64. The number of aromatic nitrogens is 1. The number of pyridine rings is 1. The molecule has 0 aliphatic carbocycles. The van der Waals surface area contributed by atoms with Crippen molar-refractivity contribution in [2.75, 3.05) is 25.1 Å². The first-order valence-electron chi connectivity index (χ1n) is 7.04. The van der Waals surface area contributed by atoms with Crippen molar-refractivity contribution in [3.05, 3.63) is 36.0 Å². The van der Waals surface area contributed by atoms with Gasteiger partial charge in [-0.05, 0) is 26.0 Å². The molecule has 0 unspecified atom stereocenters. The Balaban J connectivity index is 1.74. The summed E-state index contributed by atoms with van der Waals surface area (Å²) in [5, 5.41) is 4.63. The Labute approximate surface area is 119 Å². The first-order chi connectivity index (χ1) is 9.66. The number of ether oxygens (including phenoxy) is 2. The van der Waals surface area contributed by atoms with Crippen molar-refractivity contribution in [2.45, 2.75) is 26.1 Å². The van der Waals surface area contributed by atoms with E-state index in [2.05, 4.69) is 22.4 Å². The van der Waals surface area contributed by atoms with E-state index < -0.39 is 5.79 Å². The number of benzene rings is 1. The predicted octanol–water partition coefficient (Wildman–Crippen LogP) is 3.11. The summed E-state index contributed by atoms with van der Waals surface area (Å²) in [5.74, 6) is -0.440. The Morgan fingerprint density at radius 1 is 1.25 bits per heavy atom. The maximum absolute atomic E-state index is 5.62. The molecule has 0 amide bonds. The summed E-state index contributed by atoms with van der Waals surface area (Å²) in [6, 6.07) is 10.3. The van der Waals surface area contributed by atoms with E-state index in [-0.39, 0.29) is 0 Å². The second-order valence-electron chi connectivity index (χ2n) is 5.34. The largest absolute Gasteiger partial charge is 0.384 e. The van der Waals surface area contributed by atoms with Gasteiger partial charge in [-0.3, -0.25) is 4.98 Å². The SMILES string of the molecule is Cc1cc(NCCC2(C)OCCO2)c2ccccc2n1. The van der Waals surface area contributed by atoms with Crippen molar-refractivity contribution in [2.24, 2.45) is 0 Å². The van der Waals surface area contributed by atoms with Gasteiger partial charge in [0.15, 0.2) is 5.79 Å². The van der Waals surface area contributed by atoms with Gasteiger partial charge in [-0.25, -0.2) is 0 Å². The first kappa shape index (κ1) is 13.3. The van der Waals surface area contributed by atoms with Crippen molar-refractivity contribution in [3.63, 3.8) is 0 Å². The summed E-state index contributed by atoms with van der Waals surface area (Å²) in [6.07, 6.45) is 0.822. The predicted molar refractivity (Wildman–Crippen MR) is 79.9 cm³/mol. The highest BCUT2D eigenvalue weighted by atomic mass is 16.7. The van der Waals surface area contributed by atoms with Crippen molar-refractivity contribution in [1.82, 2.24) is 4.98 Å². The monoisotopic (exact) mass is 272 g/mol. The summed E-state index contributed by atoms with van der Waals surface area (Å²) < 4.78 is 11.2. The number of hydrogen-bond acceptors (Lipinski definition) is 4. The van der Waals surface area contributed by atoms with Gasteiger partial charge in [0.25, 0.3) is 0 Å². The molecular formula is C16H20N2O2. The quantitative estimate of drug-likeness (QED) is 0.928. The standard InChI is InChI=1S/C16H20N2O2/c1-12-11-15(13-5-3-4-6-14(13)18-12)17-8-7-16(2)19-9-10-20-16/h3-6,11H,7-10H2,1-2H3,(H,17,18). The molecule has 1 saturated heterocycles. The van der Waals surface area contributed by atoms with Crippen LogP contribution in [0, 0.1) is 6.92 Å². The summed E-state index contributed by atoms with van der Waals surface area (Å²) in [5.41, 5.74) is 3.16. The lowest BCUT2D eigenvalue weighted by Gasteiger charge is -2.22. The van der Waals surface area contributed by atoms with Crippen LogP contribution < -0.4 is 5.32 Å². The van der Waals surface area contributed by atoms with Crippen LogP contribution in [-0.4, -0.2) is 30.5 Å². The van der Waals surface area contributed by atoms with E-state index in [9.17, 15) is 0 Å². The maximum atomic E-state index is 5.62. The lowest BCUT2D eigenvalue weighted by Crippen LogP contribution is -2.28. The van der Waals surface area contributed by atoms with Gasteiger partial charge in [0.05, 0.1) is 18.7 Å². The number of nitrogens with zero attached hydrogens (tertiary/aromatic N) is 1. The highest BCUT2D eigenvalue weighted by molar-refractivity contribution is 5.91. The van der Waals surface area contributed by atoms with Crippen LogP contribution in [0.1, 0.15) is 19.0 Å². The van der Waals surface area contributed by atoms with Gasteiger partial charge in [0.2, 0.25) is 0 Å². The van der Waals surface area contributed by atoms with Gasteiger partial charge in [-0.15, -0.1) is 0 Å². The van der Waals surface area contributed by atoms with E-state index >= 15 is 0 Å². The van der Waals surface area contributed by atoms with Gasteiger partial charge >= 0.3 is 0 Å². The molecule has 2 aromatic rings. The fourth-order valence-electron chi connectivity index (χ4n) is 2.58. The van der Waals surface area contributed by atoms with Crippen molar-refractivity contribution in [3.8, 4) is 0 Å². The van der Waals surface area contributed by atoms with Crippen LogP contribution in [0.5, 0.6) is 0 Å². The van der Waals surface area contributed by atoms with E-state index in [1.165, 1.54) is 0 Å². The van der Waals surface area contributed by atoms with Crippen molar-refractivity contribution < 1.29 is 9.47 Å². The number of rotatable bonds is 4. The molecule has 20 heavy (non-hydrogen) atoms. The second-order valence-corrected chi connectivity index (χ2v) is 5.34. The van der Waals surface area contributed by atoms with Crippen LogP contribution in [0.4, 0.5) is 5.69 Å². The Morgan fingerprint density at radius 2 is 2.00 bits per heavy atom. The van der Waals surface area contributed by atoms with Gasteiger partial charge in [-0.2, -0.15) is 0 Å². The highest BCUT2D eigenvalue weighted by Gasteiger charge is 2.30. The molecule has 3 rings (SSSR count). The third kappa shape index (κ3) is 2.76. The van der Waals surface area contributed by atoms with Gasteiger partial charge in [-0.1, -0.05) is 18.2 Å². The third-order valence-electron chi connectivity index (χ3n) is 3.64. The molecule has 0 saturated carbocycles. The zero-order valence-electron chi connectivity index (χ0n) is 12.0. The summed E-state index contributed by atoms with van der Waals surface area (Å²) in [4.78, 5) is 4.55. The molecule has 1 aromatic heterocycles. The number of nitrogens with one attached hydrogen (secondary N) is 1. The molecule has 1 fully saturated rings.